The first-order valence-electron chi connectivity index (χ1n) is 2.94. The Balaban J connectivity index is 3.26. The first kappa shape index (κ1) is 8.43. The molecule has 0 bridgehead atoms. The molecular weight excluding hydrogens is 118 g/mol. The predicted molar refractivity (Wildman–Crippen MR) is 34.9 cm³/mol. The molecule has 54 valence electrons. The third-order valence-corrected chi connectivity index (χ3v) is 1.00. The normalized spacial score (nSPS) is 13.1. The number of methoxy groups -OCH3 is 1. The van der Waals surface area contributed by atoms with Crippen molar-refractivity contribution in [3.05, 3.63) is 0 Å². The van der Waals surface area contributed by atoms with Crippen LogP contribution in [0.1, 0.15) is 13.3 Å². The average molecular weight is 131 g/mol. The summed E-state index contributed by atoms with van der Waals surface area (Å²) in [6.07, 6.45) is 0.411. The molecular formula is C6H13NO2. The zero-order chi connectivity index (χ0) is 7.28. The second-order valence-electron chi connectivity index (χ2n) is 2.23. The van der Waals surface area contributed by atoms with Gasteiger partial charge in [0.05, 0.1) is 0 Å². The van der Waals surface area contributed by atoms with E-state index in [1.807, 2.05) is 6.92 Å². The highest BCUT2D eigenvalue weighted by atomic mass is 16.5. The number of amides is 1. The van der Waals surface area contributed by atoms with Crippen LogP contribution in [-0.2, 0) is 9.53 Å². The molecule has 1 amide bonds. The molecule has 0 saturated heterocycles. The number of rotatable bonds is 4. The lowest BCUT2D eigenvalue weighted by Gasteiger charge is -2.05. The second-order valence-corrected chi connectivity index (χ2v) is 2.23. The molecule has 0 aromatic carbocycles. The van der Waals surface area contributed by atoms with Gasteiger partial charge in [0.15, 0.2) is 0 Å². The summed E-state index contributed by atoms with van der Waals surface area (Å²) in [6, 6.07) is 0. The van der Waals surface area contributed by atoms with Gasteiger partial charge in [-0.3, -0.25) is 4.79 Å². The third kappa shape index (κ3) is 5.30. The van der Waals surface area contributed by atoms with E-state index in [2.05, 4.69) is 0 Å². The zero-order valence-corrected chi connectivity index (χ0v) is 5.89. The van der Waals surface area contributed by atoms with E-state index in [0.717, 1.165) is 0 Å². The molecule has 9 heavy (non-hydrogen) atoms. The highest BCUT2D eigenvalue weighted by Crippen LogP contribution is 1.99. The Morgan fingerprint density at radius 2 is 2.33 bits per heavy atom. The van der Waals surface area contributed by atoms with Gasteiger partial charge in [0.2, 0.25) is 5.91 Å². The van der Waals surface area contributed by atoms with E-state index in [1.165, 1.54) is 0 Å². The minimum Gasteiger partial charge on any atom is -0.384 e. The SMILES string of the molecule is COCC(C)CC(N)=O. The summed E-state index contributed by atoms with van der Waals surface area (Å²) in [5, 5.41) is 0. The molecule has 0 aliphatic heterocycles. The van der Waals surface area contributed by atoms with E-state index in [9.17, 15) is 4.79 Å². The van der Waals surface area contributed by atoms with Crippen LogP contribution in [0, 0.1) is 5.92 Å². The van der Waals surface area contributed by atoms with Gasteiger partial charge in [0.1, 0.15) is 0 Å². The molecule has 3 heteroatoms. The molecule has 0 radical (unpaired) electrons. The topological polar surface area (TPSA) is 52.3 Å². The van der Waals surface area contributed by atoms with Crippen molar-refractivity contribution in [2.24, 2.45) is 11.7 Å². The quantitative estimate of drug-likeness (QED) is 0.590. The van der Waals surface area contributed by atoms with Crippen molar-refractivity contribution in [3.63, 3.8) is 0 Å². The smallest absolute Gasteiger partial charge is 0.217 e. The lowest BCUT2D eigenvalue weighted by atomic mass is 10.1. The molecule has 0 saturated carbocycles. The summed E-state index contributed by atoms with van der Waals surface area (Å²) >= 11 is 0. The molecule has 3 nitrogen and oxygen atoms in total. The van der Waals surface area contributed by atoms with Crippen LogP contribution in [0.3, 0.4) is 0 Å². The summed E-state index contributed by atoms with van der Waals surface area (Å²) in [5.74, 6) is -0.0212. The molecule has 2 N–H and O–H groups in total. The van der Waals surface area contributed by atoms with Gasteiger partial charge in [-0.2, -0.15) is 0 Å². The summed E-state index contributed by atoms with van der Waals surface area (Å²) in [6.45, 7) is 2.53. The average Bonchev–Trinajstić information content (AvgIpc) is 1.63. The maximum absolute atomic E-state index is 10.3. The Labute approximate surface area is 55.2 Å². The standard InChI is InChI=1S/C6H13NO2/c1-5(4-9-2)3-6(7)8/h5H,3-4H2,1-2H3,(H2,7,8). The monoisotopic (exact) mass is 131 g/mol. The van der Waals surface area contributed by atoms with Crippen LogP contribution < -0.4 is 5.73 Å². The number of carbonyl (C=O) groups excluding carboxylic acids is 1. The Morgan fingerprint density at radius 3 is 2.67 bits per heavy atom. The van der Waals surface area contributed by atoms with Crippen molar-refractivity contribution in [1.82, 2.24) is 0 Å². The molecule has 0 spiro atoms. The van der Waals surface area contributed by atoms with Crippen molar-refractivity contribution < 1.29 is 9.53 Å². The first-order chi connectivity index (χ1) is 4.16. The minimum absolute atomic E-state index is 0.243. The minimum atomic E-state index is -0.264. The fourth-order valence-electron chi connectivity index (χ4n) is 0.687. The molecule has 0 rings (SSSR count). The Morgan fingerprint density at radius 1 is 1.78 bits per heavy atom. The van der Waals surface area contributed by atoms with Crippen molar-refractivity contribution in [2.75, 3.05) is 13.7 Å². The number of hydrogen-bond acceptors (Lipinski definition) is 2. The lowest BCUT2D eigenvalue weighted by Crippen LogP contribution is -2.17. The lowest BCUT2D eigenvalue weighted by molar-refractivity contribution is -0.119. The van der Waals surface area contributed by atoms with E-state index in [-0.39, 0.29) is 11.8 Å². The number of primary amides is 1. The number of carbonyl (C=O) groups is 1. The van der Waals surface area contributed by atoms with E-state index in [0.29, 0.717) is 13.0 Å². The Kier molecular flexibility index (Phi) is 4.05. The van der Waals surface area contributed by atoms with E-state index < -0.39 is 0 Å². The van der Waals surface area contributed by atoms with Crippen LogP contribution in [0.25, 0.3) is 0 Å². The Bertz CT molecular complexity index is 93.1. The fourth-order valence-corrected chi connectivity index (χ4v) is 0.687. The van der Waals surface area contributed by atoms with Crippen LogP contribution in [0.5, 0.6) is 0 Å². The van der Waals surface area contributed by atoms with Crippen LogP contribution >= 0.6 is 0 Å². The molecule has 0 aromatic rings. The highest BCUT2D eigenvalue weighted by Gasteiger charge is 2.03. The van der Waals surface area contributed by atoms with E-state index in [4.69, 9.17) is 10.5 Å². The van der Waals surface area contributed by atoms with Gasteiger partial charge in [-0.1, -0.05) is 6.92 Å². The van der Waals surface area contributed by atoms with Gasteiger partial charge in [-0.25, -0.2) is 0 Å². The second kappa shape index (κ2) is 4.32. The maximum Gasteiger partial charge on any atom is 0.217 e. The summed E-state index contributed by atoms with van der Waals surface area (Å²) in [5.41, 5.74) is 4.93. The van der Waals surface area contributed by atoms with Crippen molar-refractivity contribution in [1.29, 1.82) is 0 Å². The summed E-state index contributed by atoms with van der Waals surface area (Å²) < 4.78 is 4.80. The molecule has 0 heterocycles. The molecule has 0 fully saturated rings. The van der Waals surface area contributed by atoms with Crippen LogP contribution in [-0.4, -0.2) is 19.6 Å². The largest absolute Gasteiger partial charge is 0.384 e. The van der Waals surface area contributed by atoms with Crippen molar-refractivity contribution in [2.45, 2.75) is 13.3 Å². The van der Waals surface area contributed by atoms with Crippen LogP contribution in [0.15, 0.2) is 0 Å². The number of ether oxygens (including phenoxy) is 1. The molecule has 0 aliphatic carbocycles. The van der Waals surface area contributed by atoms with Gasteiger partial charge >= 0.3 is 0 Å². The van der Waals surface area contributed by atoms with Crippen LogP contribution in [0.2, 0.25) is 0 Å². The highest BCUT2D eigenvalue weighted by molar-refractivity contribution is 5.73. The van der Waals surface area contributed by atoms with Gasteiger partial charge in [-0.15, -0.1) is 0 Å². The molecule has 0 aromatic heterocycles. The van der Waals surface area contributed by atoms with Crippen molar-refractivity contribution >= 4 is 5.91 Å². The maximum atomic E-state index is 10.3. The first-order valence-corrected chi connectivity index (χ1v) is 2.94. The van der Waals surface area contributed by atoms with Gasteiger partial charge in [0, 0.05) is 20.1 Å². The predicted octanol–water partition coefficient (Wildman–Crippen LogP) is 0.144. The number of nitrogens with two attached hydrogens (primary N) is 1. The molecule has 1 unspecified atom stereocenters. The fraction of sp³-hybridized carbons (Fsp3) is 0.833. The molecule has 1 atom stereocenters. The van der Waals surface area contributed by atoms with E-state index in [1.54, 1.807) is 7.11 Å². The Hall–Kier alpha value is -0.570. The summed E-state index contributed by atoms with van der Waals surface area (Å²) in [4.78, 5) is 10.3. The third-order valence-electron chi connectivity index (χ3n) is 1.00. The van der Waals surface area contributed by atoms with E-state index >= 15 is 0 Å². The van der Waals surface area contributed by atoms with Gasteiger partial charge in [0.25, 0.3) is 0 Å². The van der Waals surface area contributed by atoms with Crippen LogP contribution in [0.4, 0.5) is 0 Å². The summed E-state index contributed by atoms with van der Waals surface area (Å²) in [7, 11) is 1.61. The number of hydrogen-bond donors (Lipinski definition) is 1. The van der Waals surface area contributed by atoms with Gasteiger partial charge in [-0.05, 0) is 5.92 Å². The van der Waals surface area contributed by atoms with Crippen molar-refractivity contribution in [3.8, 4) is 0 Å². The molecule has 0 aliphatic rings. The van der Waals surface area contributed by atoms with Gasteiger partial charge < -0.3 is 10.5 Å². The zero-order valence-electron chi connectivity index (χ0n) is 5.89.